The molecule has 0 spiro atoms. The molecule has 2 atom stereocenters. The predicted molar refractivity (Wildman–Crippen MR) is 106 cm³/mol. The summed E-state index contributed by atoms with van der Waals surface area (Å²) in [6, 6.07) is 1.11. The molecule has 1 fully saturated rings. The molecule has 5 nitrogen and oxygen atoms in total. The fourth-order valence-corrected chi connectivity index (χ4v) is 3.58. The molecule has 1 heterocycles. The van der Waals surface area contributed by atoms with Crippen molar-refractivity contribution in [3.8, 4) is 0 Å². The van der Waals surface area contributed by atoms with Gasteiger partial charge >= 0.3 is 0 Å². The van der Waals surface area contributed by atoms with Crippen molar-refractivity contribution in [1.29, 1.82) is 0 Å². The van der Waals surface area contributed by atoms with Crippen LogP contribution < -0.4 is 10.6 Å². The van der Waals surface area contributed by atoms with Gasteiger partial charge in [0.05, 0.1) is 0 Å². The smallest absolute Gasteiger partial charge is 0.191 e. The van der Waals surface area contributed by atoms with Crippen LogP contribution in [-0.2, 0) is 0 Å². The van der Waals surface area contributed by atoms with Gasteiger partial charge in [0.2, 0.25) is 0 Å². The van der Waals surface area contributed by atoms with Crippen LogP contribution in [0.4, 0.5) is 0 Å². The number of aliphatic imine (C=N–C) groups is 1. The lowest BCUT2D eigenvalue weighted by Crippen LogP contribution is -2.50. The second kappa shape index (κ2) is 12.5. The summed E-state index contributed by atoms with van der Waals surface area (Å²) in [5, 5.41) is 7.09. The second-order valence-electron chi connectivity index (χ2n) is 6.95. The zero-order valence-corrected chi connectivity index (χ0v) is 16.8. The van der Waals surface area contributed by atoms with Crippen LogP contribution in [0.3, 0.4) is 0 Å². The van der Waals surface area contributed by atoms with Gasteiger partial charge in [-0.05, 0) is 65.3 Å². The number of hydrogen-bond acceptors (Lipinski definition) is 3. The average molecular weight is 340 g/mol. The highest BCUT2D eigenvalue weighted by Crippen LogP contribution is 2.15. The van der Waals surface area contributed by atoms with E-state index in [9.17, 15) is 0 Å². The molecule has 1 aliphatic rings. The molecule has 0 bridgehead atoms. The van der Waals surface area contributed by atoms with Gasteiger partial charge in [-0.25, -0.2) is 0 Å². The fraction of sp³-hybridized carbons (Fsp3) is 0.947. The lowest BCUT2D eigenvalue weighted by atomic mass is 10.0. The first-order chi connectivity index (χ1) is 11.6. The summed E-state index contributed by atoms with van der Waals surface area (Å²) < 4.78 is 0. The van der Waals surface area contributed by atoms with E-state index in [1.807, 2.05) is 7.05 Å². The van der Waals surface area contributed by atoms with Crippen molar-refractivity contribution >= 4 is 5.96 Å². The van der Waals surface area contributed by atoms with Gasteiger partial charge in [-0.15, -0.1) is 0 Å². The SMILES string of the molecule is CCN(CC)CCCC(C)NC(=NC)NCC1CCCCN1CC. The fourth-order valence-electron chi connectivity index (χ4n) is 3.58. The summed E-state index contributed by atoms with van der Waals surface area (Å²) >= 11 is 0. The highest BCUT2D eigenvalue weighted by molar-refractivity contribution is 5.79. The van der Waals surface area contributed by atoms with Crippen molar-refractivity contribution in [3.05, 3.63) is 0 Å². The van der Waals surface area contributed by atoms with E-state index in [0.29, 0.717) is 12.1 Å². The topological polar surface area (TPSA) is 42.9 Å². The second-order valence-corrected chi connectivity index (χ2v) is 6.95. The maximum atomic E-state index is 4.40. The highest BCUT2D eigenvalue weighted by Gasteiger charge is 2.21. The van der Waals surface area contributed by atoms with Gasteiger partial charge in [0.15, 0.2) is 5.96 Å². The minimum absolute atomic E-state index is 0.459. The number of likely N-dealkylation sites (N-methyl/N-ethyl adjacent to an activating group) is 1. The van der Waals surface area contributed by atoms with Gasteiger partial charge in [0, 0.05) is 25.7 Å². The Bertz CT molecular complexity index is 341. The Morgan fingerprint density at radius 3 is 2.62 bits per heavy atom. The molecule has 0 radical (unpaired) electrons. The van der Waals surface area contributed by atoms with E-state index in [0.717, 1.165) is 32.1 Å². The van der Waals surface area contributed by atoms with Crippen molar-refractivity contribution in [2.24, 2.45) is 4.99 Å². The molecule has 142 valence electrons. The van der Waals surface area contributed by atoms with Crippen LogP contribution in [0.2, 0.25) is 0 Å². The number of hydrogen-bond donors (Lipinski definition) is 2. The summed E-state index contributed by atoms with van der Waals surface area (Å²) in [5.41, 5.74) is 0. The Kier molecular flexibility index (Phi) is 11.1. The number of rotatable bonds is 10. The van der Waals surface area contributed by atoms with E-state index in [2.05, 4.69) is 53.1 Å². The molecule has 0 aliphatic carbocycles. The monoisotopic (exact) mass is 339 g/mol. The molecule has 5 heteroatoms. The number of piperidine rings is 1. The minimum Gasteiger partial charge on any atom is -0.355 e. The number of nitrogens with zero attached hydrogens (tertiary/aromatic N) is 3. The predicted octanol–water partition coefficient (Wildman–Crippen LogP) is 2.54. The van der Waals surface area contributed by atoms with E-state index >= 15 is 0 Å². The Labute approximate surface area is 150 Å². The summed E-state index contributed by atoms with van der Waals surface area (Å²) in [6.07, 6.45) is 6.43. The van der Waals surface area contributed by atoms with E-state index < -0.39 is 0 Å². The molecular formula is C19H41N5. The summed E-state index contributed by atoms with van der Waals surface area (Å²) in [5.74, 6) is 0.951. The quantitative estimate of drug-likeness (QED) is 0.474. The van der Waals surface area contributed by atoms with Crippen molar-refractivity contribution in [1.82, 2.24) is 20.4 Å². The van der Waals surface area contributed by atoms with Crippen molar-refractivity contribution in [3.63, 3.8) is 0 Å². The van der Waals surface area contributed by atoms with Gasteiger partial charge in [-0.2, -0.15) is 0 Å². The average Bonchev–Trinajstić information content (AvgIpc) is 2.62. The number of guanidine groups is 1. The first-order valence-electron chi connectivity index (χ1n) is 10.1. The maximum Gasteiger partial charge on any atom is 0.191 e. The van der Waals surface area contributed by atoms with Gasteiger partial charge in [-0.1, -0.05) is 27.2 Å². The van der Waals surface area contributed by atoms with Crippen LogP contribution in [0, 0.1) is 0 Å². The Balaban J connectivity index is 2.28. The summed E-state index contributed by atoms with van der Waals surface area (Å²) in [6.45, 7) is 15.9. The third-order valence-electron chi connectivity index (χ3n) is 5.27. The van der Waals surface area contributed by atoms with Crippen LogP contribution in [-0.4, -0.2) is 74.2 Å². The Hall–Kier alpha value is -0.810. The summed E-state index contributed by atoms with van der Waals surface area (Å²) in [7, 11) is 1.87. The molecule has 1 saturated heterocycles. The van der Waals surface area contributed by atoms with Crippen molar-refractivity contribution in [2.75, 3.05) is 46.3 Å². The van der Waals surface area contributed by atoms with Crippen LogP contribution in [0.1, 0.15) is 59.8 Å². The molecule has 0 aromatic carbocycles. The van der Waals surface area contributed by atoms with Gasteiger partial charge < -0.3 is 15.5 Å². The van der Waals surface area contributed by atoms with E-state index in [1.165, 1.54) is 45.2 Å². The molecular weight excluding hydrogens is 298 g/mol. The van der Waals surface area contributed by atoms with Crippen LogP contribution in [0.25, 0.3) is 0 Å². The van der Waals surface area contributed by atoms with Gasteiger partial charge in [0.1, 0.15) is 0 Å². The maximum absolute atomic E-state index is 4.40. The van der Waals surface area contributed by atoms with Gasteiger partial charge in [-0.3, -0.25) is 9.89 Å². The van der Waals surface area contributed by atoms with E-state index in [1.54, 1.807) is 0 Å². The summed E-state index contributed by atoms with van der Waals surface area (Å²) in [4.78, 5) is 9.49. The molecule has 1 aliphatic heterocycles. The van der Waals surface area contributed by atoms with Gasteiger partial charge in [0.25, 0.3) is 0 Å². The minimum atomic E-state index is 0.459. The third kappa shape index (κ3) is 7.84. The van der Waals surface area contributed by atoms with Crippen molar-refractivity contribution < 1.29 is 0 Å². The number of likely N-dealkylation sites (tertiary alicyclic amines) is 1. The first-order valence-corrected chi connectivity index (χ1v) is 10.1. The third-order valence-corrected chi connectivity index (χ3v) is 5.27. The van der Waals surface area contributed by atoms with Crippen molar-refractivity contribution in [2.45, 2.75) is 71.9 Å². The normalized spacial score (nSPS) is 21.1. The molecule has 2 unspecified atom stereocenters. The molecule has 0 aromatic rings. The zero-order chi connectivity index (χ0) is 17.8. The van der Waals surface area contributed by atoms with Crippen LogP contribution in [0.15, 0.2) is 4.99 Å². The lowest BCUT2D eigenvalue weighted by molar-refractivity contribution is 0.157. The van der Waals surface area contributed by atoms with Crippen LogP contribution in [0.5, 0.6) is 0 Å². The Morgan fingerprint density at radius 1 is 1.25 bits per heavy atom. The highest BCUT2D eigenvalue weighted by atomic mass is 15.2. The van der Waals surface area contributed by atoms with E-state index in [-0.39, 0.29) is 0 Å². The number of nitrogens with one attached hydrogen (secondary N) is 2. The zero-order valence-electron chi connectivity index (χ0n) is 16.8. The lowest BCUT2D eigenvalue weighted by Gasteiger charge is -2.35. The van der Waals surface area contributed by atoms with Crippen LogP contribution >= 0.6 is 0 Å². The largest absolute Gasteiger partial charge is 0.355 e. The first kappa shape index (κ1) is 21.2. The van der Waals surface area contributed by atoms with E-state index in [4.69, 9.17) is 0 Å². The molecule has 0 amide bonds. The molecule has 2 N–H and O–H groups in total. The molecule has 24 heavy (non-hydrogen) atoms. The molecule has 1 rings (SSSR count). The molecule has 0 saturated carbocycles. The standard InChI is InChI=1S/C19H41N5/c1-6-23(7-2)14-11-12-17(4)22-19(20-5)21-16-18-13-9-10-15-24(18)8-3/h17-18H,6-16H2,1-5H3,(H2,20,21,22). The Morgan fingerprint density at radius 2 is 2.00 bits per heavy atom. The molecule has 0 aromatic heterocycles.